The van der Waals surface area contributed by atoms with Crippen LogP contribution in [0.3, 0.4) is 0 Å². The predicted molar refractivity (Wildman–Crippen MR) is 92.9 cm³/mol. The molecule has 1 saturated carbocycles. The highest BCUT2D eigenvalue weighted by Gasteiger charge is 2.36. The van der Waals surface area contributed by atoms with Gasteiger partial charge in [-0.1, -0.05) is 18.0 Å². The molecule has 26 heavy (non-hydrogen) atoms. The molecule has 2 heterocycles. The van der Waals surface area contributed by atoms with Gasteiger partial charge in [-0.15, -0.1) is 0 Å². The van der Waals surface area contributed by atoms with Crippen LogP contribution in [0.2, 0.25) is 0 Å². The van der Waals surface area contributed by atoms with Crippen LogP contribution in [0, 0.1) is 10.1 Å². The first kappa shape index (κ1) is 16.4. The highest BCUT2D eigenvalue weighted by Crippen LogP contribution is 2.37. The van der Waals surface area contributed by atoms with E-state index in [0.29, 0.717) is 23.0 Å². The zero-order chi connectivity index (χ0) is 18.3. The quantitative estimate of drug-likeness (QED) is 0.564. The van der Waals surface area contributed by atoms with E-state index < -0.39 is 10.5 Å². The minimum atomic E-state index is -0.530. The maximum atomic E-state index is 10.8. The Labute approximate surface area is 149 Å². The van der Waals surface area contributed by atoms with Crippen molar-refractivity contribution in [1.82, 2.24) is 19.9 Å². The highest BCUT2D eigenvalue weighted by atomic mass is 16.6. The van der Waals surface area contributed by atoms with Crippen molar-refractivity contribution in [2.24, 2.45) is 12.8 Å². The van der Waals surface area contributed by atoms with Gasteiger partial charge in [0.05, 0.1) is 16.0 Å². The predicted octanol–water partition coefficient (Wildman–Crippen LogP) is 2.77. The van der Waals surface area contributed by atoms with Crippen molar-refractivity contribution in [3.8, 4) is 22.7 Å². The molecule has 2 N–H and O–H groups in total. The Bertz CT molecular complexity index is 953. The lowest BCUT2D eigenvalue weighted by Crippen LogP contribution is -2.34. The summed E-state index contributed by atoms with van der Waals surface area (Å²) >= 11 is 0. The third-order valence-corrected chi connectivity index (χ3v) is 4.78. The van der Waals surface area contributed by atoms with Gasteiger partial charge in [-0.05, 0) is 25.0 Å². The Morgan fingerprint density at radius 2 is 1.96 bits per heavy atom. The van der Waals surface area contributed by atoms with Gasteiger partial charge in [-0.25, -0.2) is 0 Å². The van der Waals surface area contributed by atoms with E-state index in [0.717, 1.165) is 31.2 Å². The number of nitro groups is 1. The van der Waals surface area contributed by atoms with Gasteiger partial charge in [-0.3, -0.25) is 14.8 Å². The molecule has 0 saturated heterocycles. The molecule has 4 rings (SSSR count). The second-order valence-corrected chi connectivity index (χ2v) is 6.66. The summed E-state index contributed by atoms with van der Waals surface area (Å²) < 4.78 is 7.11. The lowest BCUT2D eigenvalue weighted by molar-refractivity contribution is -0.384. The minimum absolute atomic E-state index is 0.0256. The van der Waals surface area contributed by atoms with Crippen LogP contribution in [0.25, 0.3) is 22.7 Å². The molecule has 0 spiro atoms. The Morgan fingerprint density at radius 3 is 2.62 bits per heavy atom. The highest BCUT2D eigenvalue weighted by molar-refractivity contribution is 5.76. The molecule has 1 aliphatic rings. The van der Waals surface area contributed by atoms with Crippen LogP contribution in [0.5, 0.6) is 0 Å². The maximum absolute atomic E-state index is 10.8. The first-order valence-corrected chi connectivity index (χ1v) is 8.38. The van der Waals surface area contributed by atoms with E-state index >= 15 is 0 Å². The zero-order valence-corrected chi connectivity index (χ0v) is 14.3. The number of non-ortho nitro benzene ring substituents is 1. The number of benzene rings is 1. The molecule has 134 valence electrons. The molecule has 0 unspecified atom stereocenters. The molecule has 2 aromatic heterocycles. The van der Waals surface area contributed by atoms with E-state index in [1.807, 2.05) is 0 Å². The van der Waals surface area contributed by atoms with Crippen molar-refractivity contribution in [2.45, 2.75) is 31.2 Å². The van der Waals surface area contributed by atoms with E-state index in [-0.39, 0.29) is 5.69 Å². The van der Waals surface area contributed by atoms with Gasteiger partial charge in [0, 0.05) is 30.9 Å². The summed E-state index contributed by atoms with van der Waals surface area (Å²) in [7, 11) is 1.79. The van der Waals surface area contributed by atoms with E-state index in [4.69, 9.17) is 10.3 Å². The summed E-state index contributed by atoms with van der Waals surface area (Å²) in [6.07, 6.45) is 5.58. The van der Waals surface area contributed by atoms with Crippen molar-refractivity contribution in [3.05, 3.63) is 46.4 Å². The number of nitrogens with two attached hydrogens (primary N) is 1. The normalized spacial score (nSPS) is 16.1. The van der Waals surface area contributed by atoms with Crippen molar-refractivity contribution in [2.75, 3.05) is 0 Å². The van der Waals surface area contributed by atoms with E-state index in [2.05, 4.69) is 15.2 Å². The first-order chi connectivity index (χ1) is 12.5. The molecule has 9 heteroatoms. The van der Waals surface area contributed by atoms with Crippen LogP contribution in [0.4, 0.5) is 5.69 Å². The van der Waals surface area contributed by atoms with E-state index in [9.17, 15) is 10.1 Å². The average Bonchev–Trinajstić information content (AvgIpc) is 3.34. The summed E-state index contributed by atoms with van der Waals surface area (Å²) in [5.74, 6) is 0.863. The van der Waals surface area contributed by atoms with Crippen molar-refractivity contribution >= 4 is 5.69 Å². The molecule has 0 atom stereocenters. The van der Waals surface area contributed by atoms with Gasteiger partial charge < -0.3 is 10.3 Å². The van der Waals surface area contributed by atoms with E-state index in [1.165, 1.54) is 12.1 Å². The number of rotatable bonds is 4. The lowest BCUT2D eigenvalue weighted by atomic mass is 9.98. The molecule has 9 nitrogen and oxygen atoms in total. The fraction of sp³-hybridized carbons (Fsp3) is 0.353. The number of aromatic nitrogens is 4. The summed E-state index contributed by atoms with van der Waals surface area (Å²) in [4.78, 5) is 14.9. The molecule has 0 bridgehead atoms. The third kappa shape index (κ3) is 2.76. The van der Waals surface area contributed by atoms with Gasteiger partial charge in [0.2, 0.25) is 0 Å². The van der Waals surface area contributed by atoms with Gasteiger partial charge >= 0.3 is 0 Å². The zero-order valence-electron chi connectivity index (χ0n) is 14.3. The van der Waals surface area contributed by atoms with Crippen LogP contribution in [-0.4, -0.2) is 24.8 Å². The largest absolute Gasteiger partial charge is 0.334 e. The molecule has 0 radical (unpaired) electrons. The molecular weight excluding hydrogens is 336 g/mol. The van der Waals surface area contributed by atoms with Gasteiger partial charge in [0.1, 0.15) is 5.69 Å². The second-order valence-electron chi connectivity index (χ2n) is 6.66. The molecule has 3 aromatic rings. The Morgan fingerprint density at radius 1 is 1.27 bits per heavy atom. The van der Waals surface area contributed by atoms with Crippen LogP contribution in [0.1, 0.15) is 31.5 Å². The monoisotopic (exact) mass is 354 g/mol. The molecule has 1 aliphatic carbocycles. The fourth-order valence-corrected chi connectivity index (χ4v) is 3.36. The van der Waals surface area contributed by atoms with Gasteiger partial charge in [0.25, 0.3) is 11.6 Å². The first-order valence-electron chi connectivity index (χ1n) is 8.38. The summed E-state index contributed by atoms with van der Waals surface area (Å²) in [6, 6.07) is 6.20. The smallest absolute Gasteiger partial charge is 0.269 e. The number of nitrogens with zero attached hydrogens (tertiary/aromatic N) is 5. The molecule has 1 aromatic carbocycles. The van der Waals surface area contributed by atoms with Crippen molar-refractivity contribution < 1.29 is 9.45 Å². The molecule has 0 aliphatic heterocycles. The maximum Gasteiger partial charge on any atom is 0.269 e. The number of hydrogen-bond donors (Lipinski definition) is 1. The third-order valence-electron chi connectivity index (χ3n) is 4.78. The van der Waals surface area contributed by atoms with Gasteiger partial charge in [-0.2, -0.15) is 10.1 Å². The Hall–Kier alpha value is -3.07. The Kier molecular flexibility index (Phi) is 3.80. The average molecular weight is 354 g/mol. The van der Waals surface area contributed by atoms with Gasteiger partial charge in [0.15, 0.2) is 5.82 Å². The topological polar surface area (TPSA) is 126 Å². The summed E-state index contributed by atoms with van der Waals surface area (Å²) in [5, 5.41) is 19.4. The molecular formula is C17H18N6O3. The van der Waals surface area contributed by atoms with Crippen LogP contribution in [0.15, 0.2) is 35.0 Å². The Balaban J connectivity index is 1.72. The fourth-order valence-electron chi connectivity index (χ4n) is 3.36. The van der Waals surface area contributed by atoms with Crippen molar-refractivity contribution in [3.63, 3.8) is 0 Å². The summed E-state index contributed by atoms with van der Waals surface area (Å²) in [6.45, 7) is 0. The SMILES string of the molecule is Cn1cc(-c2nc(C3(N)CCCC3)no2)c(-c2ccc([N+](=O)[O-])cc2)n1. The summed E-state index contributed by atoms with van der Waals surface area (Å²) in [5.41, 5.74) is 7.92. The van der Waals surface area contributed by atoms with Crippen LogP contribution in [-0.2, 0) is 12.6 Å². The molecule has 0 amide bonds. The number of aryl methyl sites for hydroxylation is 1. The standard InChI is InChI=1S/C17H18N6O3/c1-22-10-13(14(20-22)11-4-6-12(7-5-11)23(24)25)15-19-16(21-26-15)17(18)8-2-3-9-17/h4-7,10H,2-3,8-9,18H2,1H3. The number of hydrogen-bond acceptors (Lipinski definition) is 7. The number of nitro benzene ring substituents is 1. The lowest BCUT2D eigenvalue weighted by Gasteiger charge is -2.17. The second kappa shape index (κ2) is 6.03. The van der Waals surface area contributed by atoms with Crippen molar-refractivity contribution in [1.29, 1.82) is 0 Å². The molecule has 1 fully saturated rings. The van der Waals surface area contributed by atoms with Crippen LogP contribution >= 0.6 is 0 Å². The van der Waals surface area contributed by atoms with E-state index in [1.54, 1.807) is 30.1 Å². The minimum Gasteiger partial charge on any atom is -0.334 e. The van der Waals surface area contributed by atoms with Crippen LogP contribution < -0.4 is 5.73 Å².